The Morgan fingerprint density at radius 2 is 1.95 bits per heavy atom. The van der Waals surface area contributed by atoms with Gasteiger partial charge in [0.1, 0.15) is 0 Å². The molecule has 0 bridgehead atoms. The summed E-state index contributed by atoms with van der Waals surface area (Å²) >= 11 is 0. The molecule has 0 radical (unpaired) electrons. The van der Waals surface area contributed by atoms with Gasteiger partial charge in [-0.05, 0) is 43.9 Å². The van der Waals surface area contributed by atoms with Crippen LogP contribution in [0.3, 0.4) is 0 Å². The van der Waals surface area contributed by atoms with E-state index in [1.807, 2.05) is 0 Å². The van der Waals surface area contributed by atoms with E-state index in [0.717, 1.165) is 50.5 Å². The lowest BCUT2D eigenvalue weighted by Crippen LogP contribution is -2.43. The highest BCUT2D eigenvalue weighted by Gasteiger charge is 2.48. The molecule has 3 aliphatic rings. The lowest BCUT2D eigenvalue weighted by molar-refractivity contribution is 0.0424. The number of piperidine rings is 1. The van der Waals surface area contributed by atoms with E-state index >= 15 is 0 Å². The molecule has 122 valence electrons. The van der Waals surface area contributed by atoms with Crippen molar-refractivity contribution in [3.8, 4) is 0 Å². The van der Waals surface area contributed by atoms with Gasteiger partial charge in [0.05, 0.1) is 12.6 Å². The van der Waals surface area contributed by atoms with Crippen LogP contribution in [0.15, 0.2) is 4.99 Å². The first-order chi connectivity index (χ1) is 9.58. The van der Waals surface area contributed by atoms with E-state index in [1.165, 1.54) is 25.7 Å². The lowest BCUT2D eigenvalue weighted by atomic mass is 9.81. The van der Waals surface area contributed by atoms with Crippen LogP contribution >= 0.6 is 24.0 Å². The number of hydrogen-bond acceptors (Lipinski definition) is 2. The summed E-state index contributed by atoms with van der Waals surface area (Å²) in [5, 5.41) is 0. The van der Waals surface area contributed by atoms with E-state index in [2.05, 4.69) is 18.7 Å². The van der Waals surface area contributed by atoms with Crippen LogP contribution in [0.1, 0.15) is 46.0 Å². The van der Waals surface area contributed by atoms with Crippen molar-refractivity contribution in [1.29, 1.82) is 0 Å². The molecule has 2 aliphatic heterocycles. The average Bonchev–Trinajstić information content (AvgIpc) is 3.20. The van der Waals surface area contributed by atoms with Crippen molar-refractivity contribution in [1.82, 2.24) is 4.90 Å². The van der Waals surface area contributed by atoms with Gasteiger partial charge in [0.15, 0.2) is 5.96 Å². The minimum atomic E-state index is 0. The first kappa shape index (κ1) is 17.3. The predicted octanol–water partition coefficient (Wildman–Crippen LogP) is 2.86. The van der Waals surface area contributed by atoms with Crippen molar-refractivity contribution >= 4 is 29.9 Å². The van der Waals surface area contributed by atoms with Crippen LogP contribution in [0, 0.1) is 17.3 Å². The summed E-state index contributed by atoms with van der Waals surface area (Å²) < 4.78 is 5.96. The summed E-state index contributed by atoms with van der Waals surface area (Å²) in [6.45, 7) is 8.51. The minimum absolute atomic E-state index is 0. The highest BCUT2D eigenvalue weighted by molar-refractivity contribution is 14.0. The first-order valence-electron chi connectivity index (χ1n) is 8.25. The molecule has 2 unspecified atom stereocenters. The number of aliphatic imine (C=N–C) groups is 1. The van der Waals surface area contributed by atoms with Crippen molar-refractivity contribution in [3.63, 3.8) is 0 Å². The molecule has 0 amide bonds. The van der Waals surface area contributed by atoms with Crippen LogP contribution < -0.4 is 5.73 Å². The van der Waals surface area contributed by atoms with Crippen LogP contribution in [-0.2, 0) is 4.74 Å². The number of nitrogens with zero attached hydrogens (tertiary/aromatic N) is 2. The molecule has 21 heavy (non-hydrogen) atoms. The number of halogens is 1. The molecule has 2 saturated heterocycles. The Morgan fingerprint density at radius 1 is 1.29 bits per heavy atom. The van der Waals surface area contributed by atoms with Gasteiger partial charge >= 0.3 is 0 Å². The van der Waals surface area contributed by atoms with Gasteiger partial charge in [0, 0.05) is 25.1 Å². The number of hydrogen-bond donors (Lipinski definition) is 1. The smallest absolute Gasteiger partial charge is 0.191 e. The zero-order chi connectivity index (χ0) is 14.2. The topological polar surface area (TPSA) is 50.8 Å². The molecule has 0 aromatic carbocycles. The van der Waals surface area contributed by atoms with Crippen molar-refractivity contribution < 1.29 is 4.74 Å². The third-order valence-electron chi connectivity index (χ3n) is 5.42. The molecular formula is C16H30IN3O. The second-order valence-electron chi connectivity index (χ2n) is 7.38. The minimum Gasteiger partial charge on any atom is -0.377 e. The molecule has 0 aromatic heterocycles. The number of nitrogens with two attached hydrogens (primary N) is 1. The van der Waals surface area contributed by atoms with Gasteiger partial charge < -0.3 is 15.4 Å². The number of guanidine groups is 1. The molecule has 2 atom stereocenters. The first-order valence-corrected chi connectivity index (χ1v) is 8.25. The highest BCUT2D eigenvalue weighted by Crippen LogP contribution is 2.47. The maximum absolute atomic E-state index is 6.20. The third kappa shape index (κ3) is 4.03. The van der Waals surface area contributed by atoms with Crippen molar-refractivity contribution in [2.45, 2.75) is 52.1 Å². The SMILES string of the molecule is CC1CCN(C(N)=NCC2(C)CCOC2C2CC2)CC1.I. The van der Waals surface area contributed by atoms with Crippen LogP contribution in [0.4, 0.5) is 0 Å². The predicted molar refractivity (Wildman–Crippen MR) is 97.1 cm³/mol. The van der Waals surface area contributed by atoms with Crippen LogP contribution in [0.25, 0.3) is 0 Å². The van der Waals surface area contributed by atoms with Crippen LogP contribution in [-0.4, -0.2) is 43.2 Å². The summed E-state index contributed by atoms with van der Waals surface area (Å²) in [7, 11) is 0. The van der Waals surface area contributed by atoms with Crippen molar-refractivity contribution in [2.75, 3.05) is 26.2 Å². The Morgan fingerprint density at radius 3 is 2.57 bits per heavy atom. The van der Waals surface area contributed by atoms with Gasteiger partial charge in [-0.3, -0.25) is 4.99 Å². The van der Waals surface area contributed by atoms with Crippen LogP contribution in [0.5, 0.6) is 0 Å². The molecule has 1 saturated carbocycles. The van der Waals surface area contributed by atoms with Gasteiger partial charge in [-0.15, -0.1) is 24.0 Å². The molecule has 1 aliphatic carbocycles. The van der Waals surface area contributed by atoms with E-state index in [9.17, 15) is 0 Å². The van der Waals surface area contributed by atoms with Gasteiger partial charge in [0.2, 0.25) is 0 Å². The Labute approximate surface area is 145 Å². The highest BCUT2D eigenvalue weighted by atomic mass is 127. The molecule has 2 N–H and O–H groups in total. The number of likely N-dealkylation sites (tertiary alicyclic amines) is 1. The fraction of sp³-hybridized carbons (Fsp3) is 0.938. The standard InChI is InChI=1S/C16H29N3O.HI/c1-12-5-8-19(9-6-12)15(17)18-11-16(2)7-10-20-14(16)13-3-4-13;/h12-14H,3-11H2,1-2H3,(H2,17,18);1H. The Kier molecular flexibility index (Phi) is 5.79. The summed E-state index contributed by atoms with van der Waals surface area (Å²) in [4.78, 5) is 6.98. The quantitative estimate of drug-likeness (QED) is 0.445. The second-order valence-corrected chi connectivity index (χ2v) is 7.38. The number of rotatable bonds is 3. The number of ether oxygens (including phenoxy) is 1. The molecule has 3 rings (SSSR count). The largest absolute Gasteiger partial charge is 0.377 e. The maximum atomic E-state index is 6.20. The van der Waals surface area contributed by atoms with Gasteiger partial charge in [-0.1, -0.05) is 13.8 Å². The monoisotopic (exact) mass is 407 g/mol. The Hall–Kier alpha value is -0.0400. The second kappa shape index (κ2) is 7.02. The third-order valence-corrected chi connectivity index (χ3v) is 5.42. The summed E-state index contributed by atoms with van der Waals surface area (Å²) in [5.74, 6) is 2.37. The van der Waals surface area contributed by atoms with E-state index in [-0.39, 0.29) is 29.4 Å². The van der Waals surface area contributed by atoms with Gasteiger partial charge in [0.25, 0.3) is 0 Å². The van der Waals surface area contributed by atoms with E-state index in [1.54, 1.807) is 0 Å². The normalized spacial score (nSPS) is 34.9. The molecule has 3 fully saturated rings. The molecular weight excluding hydrogens is 377 g/mol. The molecule has 0 aromatic rings. The Bertz CT molecular complexity index is 378. The van der Waals surface area contributed by atoms with E-state index in [4.69, 9.17) is 15.5 Å². The maximum Gasteiger partial charge on any atom is 0.191 e. The zero-order valence-corrected chi connectivity index (χ0v) is 15.7. The Balaban J connectivity index is 0.00000161. The molecule has 2 heterocycles. The summed E-state index contributed by atoms with van der Waals surface area (Å²) in [6.07, 6.45) is 6.69. The summed E-state index contributed by atoms with van der Waals surface area (Å²) in [6, 6.07) is 0. The summed E-state index contributed by atoms with van der Waals surface area (Å²) in [5.41, 5.74) is 6.41. The van der Waals surface area contributed by atoms with Gasteiger partial charge in [-0.25, -0.2) is 0 Å². The fourth-order valence-electron chi connectivity index (χ4n) is 3.63. The lowest BCUT2D eigenvalue weighted by Gasteiger charge is -2.32. The van der Waals surface area contributed by atoms with Crippen LogP contribution in [0.2, 0.25) is 0 Å². The average molecular weight is 407 g/mol. The van der Waals surface area contributed by atoms with Gasteiger partial charge in [-0.2, -0.15) is 0 Å². The molecule has 0 spiro atoms. The van der Waals surface area contributed by atoms with E-state index < -0.39 is 0 Å². The zero-order valence-electron chi connectivity index (χ0n) is 13.4. The van der Waals surface area contributed by atoms with Crippen molar-refractivity contribution in [3.05, 3.63) is 0 Å². The van der Waals surface area contributed by atoms with Crippen molar-refractivity contribution in [2.24, 2.45) is 28.0 Å². The molecule has 4 nitrogen and oxygen atoms in total. The molecule has 5 heteroatoms. The van der Waals surface area contributed by atoms with E-state index in [0.29, 0.717) is 6.10 Å². The fourth-order valence-corrected chi connectivity index (χ4v) is 3.63.